The van der Waals surface area contributed by atoms with Gasteiger partial charge in [-0.3, -0.25) is 4.57 Å². The Bertz CT molecular complexity index is 2730. The van der Waals surface area contributed by atoms with E-state index in [1.165, 1.54) is 43.4 Å². The molecule has 6 aromatic carbocycles. The second-order valence-corrected chi connectivity index (χ2v) is 12.1. The first-order valence-electron chi connectivity index (χ1n) is 15.9. The quantitative estimate of drug-likeness (QED) is 0.206. The monoisotopic (exact) mass is 588 g/mol. The maximum Gasteiger partial charge on any atom is 0.235 e. The molecule has 0 amide bonds. The maximum atomic E-state index is 5.41. The number of hydrogen-bond acceptors (Lipinski definition) is 2. The van der Waals surface area contributed by atoms with Crippen LogP contribution in [0, 0.1) is 0 Å². The lowest BCUT2D eigenvalue weighted by Crippen LogP contribution is -2.09. The van der Waals surface area contributed by atoms with Crippen molar-refractivity contribution in [2.75, 3.05) is 0 Å². The van der Waals surface area contributed by atoms with Gasteiger partial charge in [-0.15, -0.1) is 0 Å². The molecule has 9 aromatic rings. The summed E-state index contributed by atoms with van der Waals surface area (Å²) in [5.41, 5.74) is 7.62. The summed E-state index contributed by atoms with van der Waals surface area (Å²) in [5.74, 6) is 0.677. The molecular formula is C42H28N4. The smallest absolute Gasteiger partial charge is 0.235 e. The van der Waals surface area contributed by atoms with E-state index in [0.29, 0.717) is 5.95 Å². The predicted octanol–water partition coefficient (Wildman–Crippen LogP) is 10.7. The molecule has 10 rings (SSSR count). The minimum atomic E-state index is 0.193. The fourth-order valence-electron chi connectivity index (χ4n) is 7.64. The summed E-state index contributed by atoms with van der Waals surface area (Å²) in [6, 6.07) is 45.6. The Morgan fingerprint density at radius 1 is 0.543 bits per heavy atom. The van der Waals surface area contributed by atoms with Crippen molar-refractivity contribution >= 4 is 65.3 Å². The van der Waals surface area contributed by atoms with E-state index in [1.807, 2.05) is 0 Å². The first-order chi connectivity index (χ1) is 22.8. The third-order valence-corrected chi connectivity index (χ3v) is 9.62. The molecule has 0 spiro atoms. The highest BCUT2D eigenvalue weighted by Crippen LogP contribution is 2.44. The summed E-state index contributed by atoms with van der Waals surface area (Å²) < 4.78 is 4.87. The molecule has 4 heteroatoms. The van der Waals surface area contributed by atoms with E-state index in [4.69, 9.17) is 9.97 Å². The van der Waals surface area contributed by atoms with Crippen molar-refractivity contribution in [1.82, 2.24) is 19.1 Å². The third kappa shape index (κ3) is 3.55. The lowest BCUT2D eigenvalue weighted by molar-refractivity contribution is 0.648. The highest BCUT2D eigenvalue weighted by molar-refractivity contribution is 6.28. The van der Waals surface area contributed by atoms with Crippen molar-refractivity contribution in [2.24, 2.45) is 0 Å². The van der Waals surface area contributed by atoms with Gasteiger partial charge >= 0.3 is 0 Å². The van der Waals surface area contributed by atoms with Crippen LogP contribution in [0.4, 0.5) is 0 Å². The van der Waals surface area contributed by atoms with Crippen LogP contribution in [0.5, 0.6) is 0 Å². The molecule has 0 saturated heterocycles. The van der Waals surface area contributed by atoms with Gasteiger partial charge in [0.05, 0.1) is 33.8 Å². The second kappa shape index (κ2) is 9.75. The van der Waals surface area contributed by atoms with Crippen LogP contribution in [-0.4, -0.2) is 19.1 Å². The summed E-state index contributed by atoms with van der Waals surface area (Å²) in [5, 5.41) is 8.43. The Kier molecular flexibility index (Phi) is 5.37. The Hall–Kier alpha value is -6.00. The number of para-hydroxylation sites is 2. The first kappa shape index (κ1) is 25.3. The van der Waals surface area contributed by atoms with Gasteiger partial charge in [0.15, 0.2) is 0 Å². The topological polar surface area (TPSA) is 35.6 Å². The molecule has 1 aliphatic rings. The molecule has 0 fully saturated rings. The summed E-state index contributed by atoms with van der Waals surface area (Å²) in [7, 11) is 0. The van der Waals surface area contributed by atoms with Crippen molar-refractivity contribution in [3.63, 3.8) is 0 Å². The van der Waals surface area contributed by atoms with Crippen molar-refractivity contribution in [2.45, 2.75) is 12.5 Å². The van der Waals surface area contributed by atoms with Crippen LogP contribution >= 0.6 is 0 Å². The lowest BCUT2D eigenvalue weighted by Gasteiger charge is -2.19. The van der Waals surface area contributed by atoms with Gasteiger partial charge in [0, 0.05) is 38.0 Å². The van der Waals surface area contributed by atoms with Crippen molar-refractivity contribution in [3.8, 4) is 17.2 Å². The Morgan fingerprint density at radius 2 is 1.30 bits per heavy atom. The van der Waals surface area contributed by atoms with E-state index in [9.17, 15) is 0 Å². The number of aromatic nitrogens is 4. The first-order valence-corrected chi connectivity index (χ1v) is 15.9. The van der Waals surface area contributed by atoms with E-state index in [0.717, 1.165) is 39.6 Å². The van der Waals surface area contributed by atoms with Crippen LogP contribution in [0.1, 0.15) is 12.5 Å². The van der Waals surface area contributed by atoms with E-state index in [-0.39, 0.29) is 6.04 Å². The van der Waals surface area contributed by atoms with Crippen molar-refractivity contribution in [1.29, 1.82) is 0 Å². The zero-order chi connectivity index (χ0) is 30.2. The molecule has 1 atom stereocenters. The number of rotatable bonds is 3. The maximum absolute atomic E-state index is 5.41. The van der Waals surface area contributed by atoms with E-state index >= 15 is 0 Å². The summed E-state index contributed by atoms with van der Waals surface area (Å²) >= 11 is 0. The van der Waals surface area contributed by atoms with Crippen LogP contribution in [-0.2, 0) is 0 Å². The molecule has 0 aliphatic heterocycles. The average Bonchev–Trinajstić information content (AvgIpc) is 3.65. The molecule has 0 bridgehead atoms. The zero-order valence-electron chi connectivity index (χ0n) is 25.0. The predicted molar refractivity (Wildman–Crippen MR) is 192 cm³/mol. The minimum Gasteiger partial charge on any atom is -0.331 e. The molecule has 46 heavy (non-hydrogen) atoms. The normalized spacial score (nSPS) is 14.9. The van der Waals surface area contributed by atoms with E-state index in [1.54, 1.807) is 0 Å². The van der Waals surface area contributed by atoms with Crippen LogP contribution in [0.25, 0.3) is 82.5 Å². The van der Waals surface area contributed by atoms with E-state index < -0.39 is 0 Å². The summed E-state index contributed by atoms with van der Waals surface area (Å²) in [4.78, 5) is 10.7. The summed E-state index contributed by atoms with van der Waals surface area (Å²) in [6.45, 7) is 0. The largest absolute Gasteiger partial charge is 0.331 e. The van der Waals surface area contributed by atoms with Crippen LogP contribution < -0.4 is 0 Å². The Balaban J connectivity index is 1.44. The highest BCUT2D eigenvalue weighted by Gasteiger charge is 2.25. The molecule has 3 aromatic heterocycles. The number of allylic oxidation sites excluding steroid dienone is 4. The van der Waals surface area contributed by atoms with Gasteiger partial charge in [0.2, 0.25) is 5.95 Å². The van der Waals surface area contributed by atoms with Crippen molar-refractivity contribution < 1.29 is 0 Å². The van der Waals surface area contributed by atoms with Crippen LogP contribution in [0.3, 0.4) is 0 Å². The molecule has 4 nitrogen and oxygen atoms in total. The molecule has 0 radical (unpaired) electrons. The fraction of sp³-hybridized carbons (Fsp3) is 0.0476. The van der Waals surface area contributed by atoms with Gasteiger partial charge < -0.3 is 4.57 Å². The van der Waals surface area contributed by atoms with Gasteiger partial charge in [-0.05, 0) is 35.4 Å². The van der Waals surface area contributed by atoms with Gasteiger partial charge in [-0.2, -0.15) is 0 Å². The van der Waals surface area contributed by atoms with Gasteiger partial charge in [-0.1, -0.05) is 133 Å². The molecule has 216 valence electrons. The number of fused-ring (bicyclic) bond motifs is 10. The molecule has 1 aliphatic carbocycles. The number of hydrogen-bond donors (Lipinski definition) is 0. The average molecular weight is 589 g/mol. The van der Waals surface area contributed by atoms with Crippen LogP contribution in [0.2, 0.25) is 0 Å². The van der Waals surface area contributed by atoms with E-state index in [2.05, 4.69) is 161 Å². The van der Waals surface area contributed by atoms with Gasteiger partial charge in [-0.25, -0.2) is 9.97 Å². The molecule has 1 unspecified atom stereocenters. The summed E-state index contributed by atoms with van der Waals surface area (Å²) in [6.07, 6.45) is 9.86. The molecular weight excluding hydrogens is 560 g/mol. The minimum absolute atomic E-state index is 0.193. The third-order valence-electron chi connectivity index (χ3n) is 9.62. The number of nitrogens with zero attached hydrogens (tertiary/aromatic N) is 4. The highest BCUT2D eigenvalue weighted by atomic mass is 15.2. The molecule has 3 heterocycles. The van der Waals surface area contributed by atoms with Crippen LogP contribution in [0.15, 0.2) is 152 Å². The van der Waals surface area contributed by atoms with Gasteiger partial charge in [0.1, 0.15) is 0 Å². The van der Waals surface area contributed by atoms with Crippen molar-refractivity contribution in [3.05, 3.63) is 152 Å². The fourth-order valence-corrected chi connectivity index (χ4v) is 7.64. The Labute approximate surface area is 265 Å². The number of benzene rings is 6. The second-order valence-electron chi connectivity index (χ2n) is 12.1. The van der Waals surface area contributed by atoms with Gasteiger partial charge in [0.25, 0.3) is 0 Å². The molecule has 0 saturated carbocycles. The molecule has 0 N–H and O–H groups in total. The SMILES string of the molecule is C1=CCC(n2c3ccccc3c3ccc4c5c6ccccc6ccc5n(-c5nc(-c6ccccc6)c6ccccc6n5)c4c32)C=C1. The Morgan fingerprint density at radius 3 is 2.17 bits per heavy atom. The standard InChI is InChI=1S/C42H28N4/c1-3-14-28(15-4-1)39-33-20-9-11-21-35(33)43-42(44-39)46-37-26-23-27-13-7-8-18-30(27)38(37)34-25-24-32-31-19-10-12-22-36(31)45(40(32)41(34)46)29-16-5-2-6-17-29/h1-16,18-26,29H,17H2. The lowest BCUT2D eigenvalue weighted by atomic mass is 10.0. The zero-order valence-corrected chi connectivity index (χ0v) is 25.0.